The first-order valence-electron chi connectivity index (χ1n) is 8.17. The molecule has 0 bridgehead atoms. The summed E-state index contributed by atoms with van der Waals surface area (Å²) in [6.07, 6.45) is -4.79. The monoisotopic (exact) mass is 382 g/mol. The van der Waals surface area contributed by atoms with Crippen LogP contribution in [0.4, 0.5) is 13.2 Å². The molecule has 3 rings (SSSR count). The van der Waals surface area contributed by atoms with Crippen molar-refractivity contribution in [2.24, 2.45) is 5.92 Å². The van der Waals surface area contributed by atoms with E-state index in [-0.39, 0.29) is 12.5 Å². The summed E-state index contributed by atoms with van der Waals surface area (Å²) in [4.78, 5) is 16.6. The second kappa shape index (κ2) is 7.83. The largest absolute Gasteiger partial charge is 0.574 e. The number of nitrogens with zero attached hydrogens (tertiary/aromatic N) is 2. The van der Waals surface area contributed by atoms with Crippen LogP contribution >= 0.6 is 0 Å². The van der Waals surface area contributed by atoms with Crippen molar-refractivity contribution in [2.75, 3.05) is 13.1 Å². The van der Waals surface area contributed by atoms with Gasteiger partial charge in [0, 0.05) is 25.7 Å². The summed E-state index contributed by atoms with van der Waals surface area (Å²) in [5.41, 5.74) is 1.33. The molecule has 0 unspecified atom stereocenters. The lowest BCUT2D eigenvalue weighted by molar-refractivity contribution is -0.276. The third-order valence-electron chi connectivity index (χ3n) is 4.02. The smallest absolute Gasteiger partial charge is 0.487 e. The van der Waals surface area contributed by atoms with Crippen LogP contribution in [-0.2, 0) is 17.9 Å². The molecule has 6 nitrogen and oxygen atoms in total. The molecule has 1 N–H and O–H groups in total. The molecule has 1 aliphatic rings. The number of alkyl halides is 3. The van der Waals surface area contributed by atoms with Crippen molar-refractivity contribution in [3.8, 4) is 11.6 Å². The van der Waals surface area contributed by atoms with E-state index in [1.165, 1.54) is 6.07 Å². The molecule has 0 atom stereocenters. The van der Waals surface area contributed by atoms with E-state index < -0.39 is 18.2 Å². The molecule has 27 heavy (non-hydrogen) atoms. The summed E-state index contributed by atoms with van der Waals surface area (Å²) in [7, 11) is 0. The molecular weight excluding hydrogens is 365 g/mol. The Hall–Kier alpha value is -2.81. The Morgan fingerprint density at radius 2 is 1.89 bits per heavy atom. The number of ether oxygens (including phenoxy) is 2. The van der Waals surface area contributed by atoms with E-state index in [4.69, 9.17) is 9.84 Å². The number of halogens is 3. The maximum atomic E-state index is 12.2. The Bertz CT molecular complexity index is 790. The number of likely N-dealkylation sites (tertiary alicyclic amines) is 1. The molecule has 9 heteroatoms. The van der Waals surface area contributed by atoms with E-state index in [1.807, 2.05) is 17.0 Å². The fraction of sp³-hybridized carbons (Fsp3) is 0.333. The van der Waals surface area contributed by atoms with Crippen molar-refractivity contribution in [1.29, 1.82) is 0 Å². The average Bonchev–Trinajstić information content (AvgIpc) is 2.55. The number of aromatic nitrogens is 1. The van der Waals surface area contributed by atoms with Crippen LogP contribution in [0, 0.1) is 5.92 Å². The second-order valence-electron chi connectivity index (χ2n) is 6.18. The fourth-order valence-corrected chi connectivity index (χ4v) is 2.68. The van der Waals surface area contributed by atoms with Crippen molar-refractivity contribution in [3.63, 3.8) is 0 Å². The molecule has 2 heterocycles. The summed E-state index contributed by atoms with van der Waals surface area (Å²) in [5.74, 6) is -1.05. The zero-order valence-corrected chi connectivity index (χ0v) is 14.1. The Balaban J connectivity index is 1.49. The van der Waals surface area contributed by atoms with Crippen LogP contribution in [0.2, 0.25) is 0 Å². The normalized spacial score (nSPS) is 15.2. The Morgan fingerprint density at radius 3 is 2.52 bits per heavy atom. The molecule has 0 amide bonds. The minimum Gasteiger partial charge on any atom is -0.487 e. The number of benzene rings is 1. The number of aliphatic carboxylic acids is 1. The lowest BCUT2D eigenvalue weighted by Crippen LogP contribution is -2.49. The van der Waals surface area contributed by atoms with Gasteiger partial charge in [-0.25, -0.2) is 4.98 Å². The zero-order chi connectivity index (χ0) is 19.4. The van der Waals surface area contributed by atoms with Crippen LogP contribution in [-0.4, -0.2) is 40.4 Å². The predicted octanol–water partition coefficient (Wildman–Crippen LogP) is 3.08. The molecule has 0 saturated carbocycles. The zero-order valence-electron chi connectivity index (χ0n) is 14.1. The maximum Gasteiger partial charge on any atom is 0.574 e. The Labute approximate surface area is 153 Å². The quantitative estimate of drug-likeness (QED) is 0.794. The first-order chi connectivity index (χ1) is 12.8. The van der Waals surface area contributed by atoms with Crippen molar-refractivity contribution in [2.45, 2.75) is 19.5 Å². The van der Waals surface area contributed by atoms with Crippen LogP contribution in [0.15, 0.2) is 42.5 Å². The Morgan fingerprint density at radius 1 is 1.19 bits per heavy atom. The summed E-state index contributed by atoms with van der Waals surface area (Å²) in [6.45, 7) is 1.73. The standard InChI is InChI=1S/C18H17F3N2O4/c19-18(20,21)27-16-3-1-2-14(22-16)11-26-15-6-4-12(5-7-15)8-23-9-13(10-23)17(24)25/h1-7,13H,8-11H2,(H,24,25). The number of carboxylic acid groups (broad SMARTS) is 1. The molecule has 1 fully saturated rings. The fourth-order valence-electron chi connectivity index (χ4n) is 2.68. The van der Waals surface area contributed by atoms with Gasteiger partial charge < -0.3 is 14.6 Å². The molecule has 0 radical (unpaired) electrons. The molecule has 0 aliphatic carbocycles. The summed E-state index contributed by atoms with van der Waals surface area (Å²) in [6, 6.07) is 11.3. The van der Waals surface area contributed by atoms with Crippen LogP contribution in [0.5, 0.6) is 11.6 Å². The molecule has 1 aliphatic heterocycles. The summed E-state index contributed by atoms with van der Waals surface area (Å²) < 4.78 is 46.0. The maximum absolute atomic E-state index is 12.2. The third-order valence-corrected chi connectivity index (χ3v) is 4.02. The van der Waals surface area contributed by atoms with Gasteiger partial charge in [0.1, 0.15) is 12.4 Å². The van der Waals surface area contributed by atoms with Crippen LogP contribution in [0.25, 0.3) is 0 Å². The summed E-state index contributed by atoms with van der Waals surface area (Å²) in [5, 5.41) is 8.87. The van der Waals surface area contributed by atoms with Crippen LogP contribution < -0.4 is 9.47 Å². The molecule has 1 aromatic heterocycles. The highest BCUT2D eigenvalue weighted by Gasteiger charge is 2.32. The van der Waals surface area contributed by atoms with E-state index in [0.717, 1.165) is 11.6 Å². The summed E-state index contributed by atoms with van der Waals surface area (Å²) >= 11 is 0. The third kappa shape index (κ3) is 5.58. The minimum absolute atomic E-state index is 0.000814. The Kier molecular flexibility index (Phi) is 5.50. The van der Waals surface area contributed by atoms with Gasteiger partial charge in [-0.15, -0.1) is 13.2 Å². The minimum atomic E-state index is -4.79. The number of carboxylic acids is 1. The van der Waals surface area contributed by atoms with Gasteiger partial charge in [-0.2, -0.15) is 0 Å². The molecule has 144 valence electrons. The van der Waals surface area contributed by atoms with Gasteiger partial charge in [-0.3, -0.25) is 9.69 Å². The SMILES string of the molecule is O=C(O)C1CN(Cc2ccc(OCc3cccc(OC(F)(F)F)n3)cc2)C1. The van der Waals surface area contributed by atoms with Crippen molar-refractivity contribution >= 4 is 5.97 Å². The van der Waals surface area contributed by atoms with Crippen molar-refractivity contribution in [3.05, 3.63) is 53.7 Å². The van der Waals surface area contributed by atoms with E-state index in [1.54, 1.807) is 18.2 Å². The van der Waals surface area contributed by atoms with E-state index in [2.05, 4.69) is 9.72 Å². The number of rotatable bonds is 7. The molecule has 2 aromatic rings. The van der Waals surface area contributed by atoms with E-state index in [0.29, 0.717) is 31.1 Å². The molecule has 0 spiro atoms. The highest BCUT2D eigenvalue weighted by molar-refractivity contribution is 5.71. The topological polar surface area (TPSA) is 71.9 Å². The van der Waals surface area contributed by atoms with Gasteiger partial charge in [-0.05, 0) is 23.8 Å². The lowest BCUT2D eigenvalue weighted by Gasteiger charge is -2.36. The number of hydrogen-bond acceptors (Lipinski definition) is 5. The molecule has 1 saturated heterocycles. The number of hydrogen-bond donors (Lipinski definition) is 1. The van der Waals surface area contributed by atoms with Gasteiger partial charge in [-0.1, -0.05) is 18.2 Å². The van der Waals surface area contributed by atoms with E-state index in [9.17, 15) is 18.0 Å². The lowest BCUT2D eigenvalue weighted by atomic mass is 10.00. The number of pyridine rings is 1. The van der Waals surface area contributed by atoms with Gasteiger partial charge in [0.05, 0.1) is 11.6 Å². The molecular formula is C18H17F3N2O4. The first-order valence-corrected chi connectivity index (χ1v) is 8.17. The van der Waals surface area contributed by atoms with Gasteiger partial charge >= 0.3 is 12.3 Å². The van der Waals surface area contributed by atoms with E-state index >= 15 is 0 Å². The molecule has 1 aromatic carbocycles. The predicted molar refractivity (Wildman–Crippen MR) is 88.1 cm³/mol. The highest BCUT2D eigenvalue weighted by Crippen LogP contribution is 2.22. The van der Waals surface area contributed by atoms with Gasteiger partial charge in [0.2, 0.25) is 5.88 Å². The van der Waals surface area contributed by atoms with Gasteiger partial charge in [0.25, 0.3) is 0 Å². The number of carbonyl (C=O) groups is 1. The average molecular weight is 382 g/mol. The van der Waals surface area contributed by atoms with Crippen LogP contribution in [0.1, 0.15) is 11.3 Å². The first kappa shape index (κ1) is 19.0. The van der Waals surface area contributed by atoms with Crippen LogP contribution in [0.3, 0.4) is 0 Å². The van der Waals surface area contributed by atoms with Gasteiger partial charge in [0.15, 0.2) is 0 Å². The van der Waals surface area contributed by atoms with Crippen molar-refractivity contribution < 1.29 is 32.5 Å². The highest BCUT2D eigenvalue weighted by atomic mass is 19.4. The van der Waals surface area contributed by atoms with Crippen molar-refractivity contribution in [1.82, 2.24) is 9.88 Å². The second-order valence-corrected chi connectivity index (χ2v) is 6.18.